The first-order chi connectivity index (χ1) is 10.9. The molecule has 0 bridgehead atoms. The first kappa shape index (κ1) is 16.9. The molecule has 0 saturated heterocycles. The number of carbonyl (C=O) groups excluding carboxylic acids is 1. The lowest BCUT2D eigenvalue weighted by Gasteiger charge is -2.26. The Bertz CT molecular complexity index is 663. The lowest BCUT2D eigenvalue weighted by molar-refractivity contribution is -0.420. The van der Waals surface area contributed by atoms with E-state index < -0.39 is 16.9 Å². The second-order valence-electron chi connectivity index (χ2n) is 4.87. The Kier molecular flexibility index (Phi) is 5.28. The van der Waals surface area contributed by atoms with E-state index in [-0.39, 0.29) is 18.7 Å². The van der Waals surface area contributed by atoms with Gasteiger partial charge in [0.25, 0.3) is 5.70 Å². The topological polar surface area (TPSA) is 81.9 Å². The Morgan fingerprint density at radius 2 is 2.30 bits per heavy atom. The van der Waals surface area contributed by atoms with Gasteiger partial charge in [-0.05, 0) is 19.9 Å². The maximum absolute atomic E-state index is 11.8. The molecule has 0 amide bonds. The molecule has 7 nitrogen and oxygen atoms in total. The summed E-state index contributed by atoms with van der Waals surface area (Å²) in [6, 6.07) is -0.573. The lowest BCUT2D eigenvalue weighted by Crippen LogP contribution is -2.34. The largest absolute Gasteiger partial charge is 0.464 e. The van der Waals surface area contributed by atoms with E-state index in [9.17, 15) is 14.9 Å². The zero-order valence-electron chi connectivity index (χ0n) is 12.7. The van der Waals surface area contributed by atoms with Crippen LogP contribution in [-0.2, 0) is 14.3 Å². The summed E-state index contributed by atoms with van der Waals surface area (Å²) in [5, 5.41) is 11.2. The summed E-state index contributed by atoms with van der Waals surface area (Å²) in [4.78, 5) is 24.7. The van der Waals surface area contributed by atoms with Crippen LogP contribution in [0.15, 0.2) is 47.8 Å². The van der Waals surface area contributed by atoms with E-state index in [2.05, 4.69) is 0 Å². The molecule has 2 aliphatic rings. The summed E-state index contributed by atoms with van der Waals surface area (Å²) in [5.41, 5.74) is 0.316. The monoisotopic (exact) mass is 336 g/mol. The Morgan fingerprint density at radius 3 is 2.96 bits per heavy atom. The average molecular weight is 336 g/mol. The minimum absolute atomic E-state index is 0.0658. The third kappa shape index (κ3) is 3.84. The van der Waals surface area contributed by atoms with Gasteiger partial charge in [-0.3, -0.25) is 10.1 Å². The van der Waals surface area contributed by atoms with Crippen LogP contribution in [0.1, 0.15) is 20.3 Å². The van der Waals surface area contributed by atoms with Crippen LogP contribution in [0.3, 0.4) is 0 Å². The van der Waals surface area contributed by atoms with Crippen LogP contribution in [0, 0.1) is 10.1 Å². The summed E-state index contributed by atoms with van der Waals surface area (Å²) < 4.78 is 10.4. The zero-order chi connectivity index (χ0) is 17.0. The van der Waals surface area contributed by atoms with Crippen LogP contribution >= 0.6 is 12.2 Å². The van der Waals surface area contributed by atoms with Gasteiger partial charge in [-0.2, -0.15) is 0 Å². The molecule has 1 atom stereocenters. The molecule has 0 saturated carbocycles. The van der Waals surface area contributed by atoms with Gasteiger partial charge in [-0.15, -0.1) is 0 Å². The Balaban J connectivity index is 2.31. The van der Waals surface area contributed by atoms with Crippen molar-refractivity contribution in [2.45, 2.75) is 26.3 Å². The first-order valence-corrected chi connectivity index (χ1v) is 7.43. The van der Waals surface area contributed by atoms with Gasteiger partial charge < -0.3 is 14.4 Å². The molecule has 8 heteroatoms. The molecular formula is C15H16N2O5S. The number of hydrogen-bond donors (Lipinski definition) is 0. The predicted octanol–water partition coefficient (Wildman–Crippen LogP) is 2.44. The Morgan fingerprint density at radius 1 is 1.57 bits per heavy atom. The zero-order valence-corrected chi connectivity index (χ0v) is 13.5. The fraction of sp³-hybridized carbons (Fsp3) is 0.333. The highest BCUT2D eigenvalue weighted by Crippen LogP contribution is 2.28. The summed E-state index contributed by atoms with van der Waals surface area (Å²) in [5.74, 6) is -0.0979. The van der Waals surface area contributed by atoms with Gasteiger partial charge in [0, 0.05) is 29.8 Å². The highest BCUT2D eigenvalue weighted by atomic mass is 32.1. The van der Waals surface area contributed by atoms with Crippen molar-refractivity contribution < 1.29 is 19.2 Å². The molecule has 0 aromatic rings. The van der Waals surface area contributed by atoms with Crippen molar-refractivity contribution >= 4 is 23.1 Å². The quantitative estimate of drug-likeness (QED) is 0.330. The van der Waals surface area contributed by atoms with E-state index in [1.807, 2.05) is 0 Å². The molecule has 0 radical (unpaired) electrons. The van der Waals surface area contributed by atoms with Gasteiger partial charge in [0.15, 0.2) is 5.76 Å². The molecule has 1 aliphatic heterocycles. The van der Waals surface area contributed by atoms with Gasteiger partial charge in [0.2, 0.25) is 0 Å². The normalized spacial score (nSPS) is 18.4. The fourth-order valence-electron chi connectivity index (χ4n) is 2.14. The SMILES string of the molecule is CCOC(=O)C(C)N1C=COC(C2=C([N+](=O)[O-])C=CC(=S)C2)=C1. The van der Waals surface area contributed by atoms with Crippen molar-refractivity contribution in [1.82, 2.24) is 4.90 Å². The highest BCUT2D eigenvalue weighted by Gasteiger charge is 2.28. The molecule has 0 aromatic carbocycles. The molecular weight excluding hydrogens is 320 g/mol. The number of rotatable bonds is 5. The maximum atomic E-state index is 11.8. The number of hydrogen-bond acceptors (Lipinski definition) is 7. The summed E-state index contributed by atoms with van der Waals surface area (Å²) >= 11 is 5.12. The number of carbonyl (C=O) groups is 1. The van der Waals surface area contributed by atoms with Gasteiger partial charge in [0.05, 0.1) is 17.1 Å². The van der Waals surface area contributed by atoms with Crippen molar-refractivity contribution in [2.75, 3.05) is 6.61 Å². The number of nitro groups is 1. The second-order valence-corrected chi connectivity index (χ2v) is 5.39. The van der Waals surface area contributed by atoms with Gasteiger partial charge >= 0.3 is 5.97 Å². The smallest absolute Gasteiger partial charge is 0.328 e. The van der Waals surface area contributed by atoms with Crippen molar-refractivity contribution in [1.29, 1.82) is 0 Å². The Hall–Kier alpha value is -2.48. The third-order valence-corrected chi connectivity index (χ3v) is 3.63. The number of ether oxygens (including phenoxy) is 2. The maximum Gasteiger partial charge on any atom is 0.328 e. The molecule has 0 N–H and O–H groups in total. The number of nitrogens with zero attached hydrogens (tertiary/aromatic N) is 2. The van der Waals surface area contributed by atoms with Crippen molar-refractivity contribution in [3.8, 4) is 0 Å². The molecule has 122 valence electrons. The van der Waals surface area contributed by atoms with Crippen LogP contribution in [0.25, 0.3) is 0 Å². The fourth-order valence-corrected chi connectivity index (χ4v) is 2.35. The van der Waals surface area contributed by atoms with Crippen LogP contribution in [0.4, 0.5) is 0 Å². The van der Waals surface area contributed by atoms with Gasteiger partial charge in [-0.1, -0.05) is 12.2 Å². The van der Waals surface area contributed by atoms with Crippen molar-refractivity contribution in [2.24, 2.45) is 0 Å². The number of esters is 1. The second kappa shape index (κ2) is 7.19. The summed E-state index contributed by atoms with van der Waals surface area (Å²) in [6.45, 7) is 3.68. The van der Waals surface area contributed by atoms with Crippen molar-refractivity contribution in [3.63, 3.8) is 0 Å². The van der Waals surface area contributed by atoms with E-state index in [4.69, 9.17) is 21.7 Å². The van der Waals surface area contributed by atoms with Crippen molar-refractivity contribution in [3.05, 3.63) is 58.0 Å². The summed E-state index contributed by atoms with van der Waals surface area (Å²) in [7, 11) is 0. The predicted molar refractivity (Wildman–Crippen MR) is 86.6 cm³/mol. The van der Waals surface area contributed by atoms with E-state index >= 15 is 0 Å². The van der Waals surface area contributed by atoms with Gasteiger partial charge in [-0.25, -0.2) is 4.79 Å². The molecule has 23 heavy (non-hydrogen) atoms. The first-order valence-electron chi connectivity index (χ1n) is 7.02. The van der Waals surface area contributed by atoms with Gasteiger partial charge in [0.1, 0.15) is 12.3 Å². The van der Waals surface area contributed by atoms with E-state index in [0.29, 0.717) is 16.2 Å². The third-order valence-electron chi connectivity index (χ3n) is 3.35. The van der Waals surface area contributed by atoms with Crippen LogP contribution < -0.4 is 0 Å². The molecule has 1 aliphatic carbocycles. The average Bonchev–Trinajstić information content (AvgIpc) is 2.54. The minimum atomic E-state index is -0.573. The minimum Gasteiger partial charge on any atom is -0.464 e. The standard InChI is InChI=1S/C15H16N2O5S/c1-3-21-15(18)10(2)16-6-7-22-14(9-16)12-8-11(23)4-5-13(12)17(19)20/h4-7,9-10H,3,8H2,1-2H3. The molecule has 1 unspecified atom stereocenters. The van der Waals surface area contributed by atoms with Crippen LogP contribution in [0.5, 0.6) is 0 Å². The lowest BCUT2D eigenvalue weighted by atomic mass is 10.00. The van der Waals surface area contributed by atoms with E-state index in [0.717, 1.165) is 0 Å². The van der Waals surface area contributed by atoms with E-state index in [1.54, 1.807) is 31.1 Å². The molecule has 0 spiro atoms. The molecule has 0 aromatic heterocycles. The molecule has 1 heterocycles. The number of thiocarbonyl (C=S) groups is 1. The van der Waals surface area contributed by atoms with Crippen LogP contribution in [0.2, 0.25) is 0 Å². The van der Waals surface area contributed by atoms with E-state index in [1.165, 1.54) is 18.4 Å². The Labute approximate surface area is 138 Å². The van der Waals surface area contributed by atoms with Crippen LogP contribution in [-0.4, -0.2) is 33.3 Å². The highest BCUT2D eigenvalue weighted by molar-refractivity contribution is 7.80. The molecule has 2 rings (SSSR count). The number of allylic oxidation sites excluding steroid dienone is 3. The molecule has 0 fully saturated rings. The summed E-state index contributed by atoms with van der Waals surface area (Å²) in [6.07, 6.45) is 7.62.